The molecular weight excluding hydrogens is 244 g/mol. The van der Waals surface area contributed by atoms with Gasteiger partial charge in [0.15, 0.2) is 0 Å². The number of rotatable bonds is 2. The van der Waals surface area contributed by atoms with E-state index in [2.05, 4.69) is 34.6 Å². The van der Waals surface area contributed by atoms with Gasteiger partial charge in [0, 0.05) is 11.4 Å². The Morgan fingerprint density at radius 3 is 3.06 bits per heavy atom. The maximum absolute atomic E-state index is 6.04. The summed E-state index contributed by atoms with van der Waals surface area (Å²) in [7, 11) is 0. The number of aryl methyl sites for hydroxylation is 1. The summed E-state index contributed by atoms with van der Waals surface area (Å²) in [4.78, 5) is 4.40. The summed E-state index contributed by atoms with van der Waals surface area (Å²) in [5, 5.41) is 5.33. The van der Waals surface area contributed by atoms with Crippen molar-refractivity contribution in [3.8, 4) is 0 Å². The molecule has 0 saturated carbocycles. The number of hydrogen-bond acceptors (Lipinski definition) is 2. The van der Waals surface area contributed by atoms with E-state index in [4.69, 9.17) is 11.6 Å². The van der Waals surface area contributed by atoms with Crippen molar-refractivity contribution in [1.82, 2.24) is 10.3 Å². The molecule has 1 N–H and O–H groups in total. The van der Waals surface area contributed by atoms with Crippen molar-refractivity contribution in [2.45, 2.75) is 32.2 Å². The summed E-state index contributed by atoms with van der Waals surface area (Å²) >= 11 is 6.04. The van der Waals surface area contributed by atoms with E-state index in [9.17, 15) is 0 Å². The second-order valence-electron chi connectivity index (χ2n) is 5.12. The first-order valence-corrected chi connectivity index (χ1v) is 6.89. The van der Waals surface area contributed by atoms with Crippen molar-refractivity contribution in [3.63, 3.8) is 0 Å². The minimum absolute atomic E-state index is 0.604. The Balaban J connectivity index is 1.92. The van der Waals surface area contributed by atoms with E-state index in [0.717, 1.165) is 24.0 Å². The molecule has 3 heteroatoms. The normalized spacial score (nSPS) is 19.6. The molecule has 0 spiro atoms. The van der Waals surface area contributed by atoms with Gasteiger partial charge >= 0.3 is 0 Å². The van der Waals surface area contributed by atoms with Gasteiger partial charge < -0.3 is 5.32 Å². The Hall–Kier alpha value is -1.12. The van der Waals surface area contributed by atoms with Gasteiger partial charge in [0.1, 0.15) is 5.15 Å². The Kier molecular flexibility index (Phi) is 3.23. The molecule has 1 aromatic heterocycles. The smallest absolute Gasteiger partial charge is 0.132 e. The van der Waals surface area contributed by atoms with Crippen LogP contribution in [-0.2, 0) is 6.42 Å². The first kappa shape index (κ1) is 11.9. The molecule has 1 aromatic carbocycles. The molecule has 3 rings (SSSR count). The maximum Gasteiger partial charge on any atom is 0.132 e. The average molecular weight is 261 g/mol. The van der Waals surface area contributed by atoms with Gasteiger partial charge in [-0.2, -0.15) is 0 Å². The van der Waals surface area contributed by atoms with Crippen LogP contribution in [0.25, 0.3) is 10.9 Å². The molecule has 2 heterocycles. The highest BCUT2D eigenvalue weighted by Gasteiger charge is 2.14. The van der Waals surface area contributed by atoms with E-state index >= 15 is 0 Å². The van der Waals surface area contributed by atoms with Crippen LogP contribution in [0, 0.1) is 6.92 Å². The van der Waals surface area contributed by atoms with Crippen LogP contribution in [0.15, 0.2) is 24.3 Å². The zero-order chi connectivity index (χ0) is 12.5. The van der Waals surface area contributed by atoms with Crippen molar-refractivity contribution in [2.75, 3.05) is 6.54 Å². The van der Waals surface area contributed by atoms with Gasteiger partial charge in [-0.1, -0.05) is 17.7 Å². The van der Waals surface area contributed by atoms with Gasteiger partial charge in [-0.05, 0) is 62.1 Å². The summed E-state index contributed by atoms with van der Waals surface area (Å²) in [5.41, 5.74) is 3.40. The Morgan fingerprint density at radius 1 is 1.39 bits per heavy atom. The largest absolute Gasteiger partial charge is 0.314 e. The van der Waals surface area contributed by atoms with Crippen molar-refractivity contribution >= 4 is 22.5 Å². The lowest BCUT2D eigenvalue weighted by Gasteiger charge is -2.11. The van der Waals surface area contributed by atoms with E-state index in [-0.39, 0.29) is 0 Å². The Bertz CT molecular complexity index is 574. The summed E-state index contributed by atoms with van der Waals surface area (Å²) < 4.78 is 0. The van der Waals surface area contributed by atoms with E-state index < -0.39 is 0 Å². The molecule has 0 bridgehead atoms. The second kappa shape index (κ2) is 4.87. The van der Waals surface area contributed by atoms with E-state index in [1.165, 1.54) is 23.8 Å². The highest BCUT2D eigenvalue weighted by molar-refractivity contribution is 6.30. The standard InChI is InChI=1S/C15H17ClN2/c1-10-7-12-8-11(9-13-3-2-6-17-13)4-5-14(12)18-15(10)16/h4-5,7-8,13,17H,2-3,6,9H2,1H3. The van der Waals surface area contributed by atoms with Gasteiger partial charge in [-0.25, -0.2) is 4.98 Å². The monoisotopic (exact) mass is 260 g/mol. The van der Waals surface area contributed by atoms with Gasteiger partial charge in [0.2, 0.25) is 0 Å². The number of halogens is 1. The molecule has 0 amide bonds. The van der Waals surface area contributed by atoms with Crippen LogP contribution in [-0.4, -0.2) is 17.6 Å². The molecule has 1 aliphatic rings. The third-order valence-corrected chi connectivity index (χ3v) is 4.04. The fraction of sp³-hybridized carbons (Fsp3) is 0.400. The minimum Gasteiger partial charge on any atom is -0.314 e. The number of benzene rings is 1. The third-order valence-electron chi connectivity index (χ3n) is 3.65. The molecule has 1 saturated heterocycles. The van der Waals surface area contributed by atoms with Crippen LogP contribution in [0.1, 0.15) is 24.0 Å². The van der Waals surface area contributed by atoms with Gasteiger partial charge in [-0.15, -0.1) is 0 Å². The SMILES string of the molecule is Cc1cc2cc(CC3CCCN3)ccc2nc1Cl. The van der Waals surface area contributed by atoms with Crippen LogP contribution in [0.2, 0.25) is 5.15 Å². The van der Waals surface area contributed by atoms with Crippen LogP contribution in [0.4, 0.5) is 0 Å². The van der Waals surface area contributed by atoms with Crippen molar-refractivity contribution in [2.24, 2.45) is 0 Å². The molecule has 1 atom stereocenters. The first-order chi connectivity index (χ1) is 8.72. The van der Waals surface area contributed by atoms with Crippen LogP contribution < -0.4 is 5.32 Å². The Labute approximate surface area is 112 Å². The summed E-state index contributed by atoms with van der Waals surface area (Å²) in [6.07, 6.45) is 3.70. The second-order valence-corrected chi connectivity index (χ2v) is 5.48. The quantitative estimate of drug-likeness (QED) is 0.836. The van der Waals surface area contributed by atoms with Crippen LogP contribution in [0.5, 0.6) is 0 Å². The van der Waals surface area contributed by atoms with Crippen molar-refractivity contribution in [1.29, 1.82) is 0 Å². The number of nitrogens with zero attached hydrogens (tertiary/aromatic N) is 1. The van der Waals surface area contributed by atoms with Crippen LogP contribution in [0.3, 0.4) is 0 Å². The number of fused-ring (bicyclic) bond motifs is 1. The summed E-state index contributed by atoms with van der Waals surface area (Å²) in [6.45, 7) is 3.16. The zero-order valence-electron chi connectivity index (χ0n) is 10.5. The summed E-state index contributed by atoms with van der Waals surface area (Å²) in [6, 6.07) is 9.25. The maximum atomic E-state index is 6.04. The minimum atomic E-state index is 0.604. The molecular formula is C15H17ClN2. The molecule has 1 aliphatic heterocycles. The van der Waals surface area contributed by atoms with Gasteiger partial charge in [0.25, 0.3) is 0 Å². The Morgan fingerprint density at radius 2 is 2.28 bits per heavy atom. The molecule has 0 radical (unpaired) electrons. The fourth-order valence-corrected chi connectivity index (χ4v) is 2.80. The predicted octanol–water partition coefficient (Wildman–Crippen LogP) is 3.49. The number of nitrogens with one attached hydrogen (secondary N) is 1. The molecule has 2 aromatic rings. The lowest BCUT2D eigenvalue weighted by molar-refractivity contribution is 0.603. The fourth-order valence-electron chi connectivity index (χ4n) is 2.65. The highest BCUT2D eigenvalue weighted by atomic mass is 35.5. The predicted molar refractivity (Wildman–Crippen MR) is 76.2 cm³/mol. The van der Waals surface area contributed by atoms with E-state index in [1.54, 1.807) is 0 Å². The number of aromatic nitrogens is 1. The van der Waals surface area contributed by atoms with Crippen molar-refractivity contribution < 1.29 is 0 Å². The summed E-state index contributed by atoms with van der Waals surface area (Å²) in [5.74, 6) is 0. The van der Waals surface area contributed by atoms with E-state index in [1.807, 2.05) is 6.92 Å². The number of hydrogen-bond donors (Lipinski definition) is 1. The lowest BCUT2D eigenvalue weighted by atomic mass is 10.0. The van der Waals surface area contributed by atoms with Crippen molar-refractivity contribution in [3.05, 3.63) is 40.5 Å². The van der Waals surface area contributed by atoms with Gasteiger partial charge in [-0.3, -0.25) is 0 Å². The topological polar surface area (TPSA) is 24.9 Å². The van der Waals surface area contributed by atoms with E-state index in [0.29, 0.717) is 11.2 Å². The van der Waals surface area contributed by atoms with Gasteiger partial charge in [0.05, 0.1) is 5.52 Å². The zero-order valence-corrected chi connectivity index (χ0v) is 11.3. The molecule has 2 nitrogen and oxygen atoms in total. The van der Waals surface area contributed by atoms with Crippen LogP contribution >= 0.6 is 11.6 Å². The average Bonchev–Trinajstić information content (AvgIpc) is 2.84. The lowest BCUT2D eigenvalue weighted by Crippen LogP contribution is -2.23. The third kappa shape index (κ3) is 2.36. The molecule has 18 heavy (non-hydrogen) atoms. The highest BCUT2D eigenvalue weighted by Crippen LogP contribution is 2.22. The molecule has 94 valence electrons. The molecule has 1 unspecified atom stereocenters. The number of pyridine rings is 1. The molecule has 1 fully saturated rings. The molecule has 0 aliphatic carbocycles. The first-order valence-electron chi connectivity index (χ1n) is 6.51.